The molecule has 2 amide bonds. The number of primary amides is 1. The number of thiophene rings is 1. The van der Waals surface area contributed by atoms with Crippen LogP contribution in [0, 0.1) is 6.92 Å². The van der Waals surface area contributed by atoms with E-state index in [1.807, 2.05) is 24.4 Å². The molecule has 0 saturated carbocycles. The summed E-state index contributed by atoms with van der Waals surface area (Å²) in [6.45, 7) is 2.24. The van der Waals surface area contributed by atoms with Gasteiger partial charge >= 0.3 is 0 Å². The Labute approximate surface area is 158 Å². The molecule has 3 rings (SSSR count). The van der Waals surface area contributed by atoms with Crippen LogP contribution in [0.25, 0.3) is 10.6 Å². The van der Waals surface area contributed by atoms with Gasteiger partial charge in [-0.15, -0.1) is 22.7 Å². The van der Waals surface area contributed by atoms with Gasteiger partial charge in [0.2, 0.25) is 0 Å². The molecule has 0 fully saturated rings. The Balaban J connectivity index is 1.55. The van der Waals surface area contributed by atoms with Crippen molar-refractivity contribution in [2.24, 2.45) is 5.73 Å². The van der Waals surface area contributed by atoms with Crippen LogP contribution in [-0.2, 0) is 11.3 Å². The van der Waals surface area contributed by atoms with Crippen molar-refractivity contribution < 1.29 is 14.3 Å². The summed E-state index contributed by atoms with van der Waals surface area (Å²) in [6, 6.07) is 10.6. The molecule has 0 aliphatic rings. The fourth-order valence-corrected chi connectivity index (χ4v) is 3.81. The summed E-state index contributed by atoms with van der Waals surface area (Å²) in [5, 5.41) is 5.96. The number of benzene rings is 1. The second-order valence-electron chi connectivity index (χ2n) is 5.48. The Kier molecular flexibility index (Phi) is 5.65. The average Bonchev–Trinajstić information content (AvgIpc) is 3.27. The number of ether oxygens (including phenoxy) is 1. The molecule has 3 N–H and O–H groups in total. The number of hydrogen-bond acceptors (Lipinski definition) is 6. The van der Waals surface area contributed by atoms with Crippen LogP contribution in [0.3, 0.4) is 0 Å². The zero-order valence-corrected chi connectivity index (χ0v) is 15.7. The highest BCUT2D eigenvalue weighted by atomic mass is 32.1. The third-order valence-corrected chi connectivity index (χ3v) is 5.34. The monoisotopic (exact) mass is 387 g/mol. The number of thiazole rings is 1. The molecule has 0 spiro atoms. The van der Waals surface area contributed by atoms with Crippen molar-refractivity contribution in [1.29, 1.82) is 0 Å². The van der Waals surface area contributed by atoms with Crippen LogP contribution in [0.15, 0.2) is 41.8 Å². The molecule has 0 bridgehead atoms. The van der Waals surface area contributed by atoms with E-state index in [1.165, 1.54) is 0 Å². The lowest BCUT2D eigenvalue weighted by Gasteiger charge is -2.06. The second kappa shape index (κ2) is 8.11. The van der Waals surface area contributed by atoms with E-state index in [-0.39, 0.29) is 12.5 Å². The summed E-state index contributed by atoms with van der Waals surface area (Å²) in [4.78, 5) is 29.6. The minimum absolute atomic E-state index is 0.175. The van der Waals surface area contributed by atoms with Gasteiger partial charge in [0.25, 0.3) is 11.8 Å². The van der Waals surface area contributed by atoms with E-state index >= 15 is 0 Å². The van der Waals surface area contributed by atoms with Crippen LogP contribution < -0.4 is 15.8 Å². The van der Waals surface area contributed by atoms with Gasteiger partial charge in [0.1, 0.15) is 5.75 Å². The van der Waals surface area contributed by atoms with Crippen LogP contribution >= 0.6 is 22.7 Å². The third-order valence-electron chi connectivity index (χ3n) is 3.45. The summed E-state index contributed by atoms with van der Waals surface area (Å²) >= 11 is 3.23. The number of carbonyl (C=O) groups excluding carboxylic acids is 2. The van der Waals surface area contributed by atoms with Crippen molar-refractivity contribution >= 4 is 34.5 Å². The van der Waals surface area contributed by atoms with Gasteiger partial charge in [-0.05, 0) is 43.3 Å². The number of nitrogens with one attached hydrogen (secondary N) is 1. The zero-order chi connectivity index (χ0) is 18.5. The van der Waals surface area contributed by atoms with Gasteiger partial charge in [0.05, 0.1) is 22.1 Å². The Morgan fingerprint density at radius 2 is 1.96 bits per heavy atom. The number of aryl methyl sites for hydroxylation is 1. The van der Waals surface area contributed by atoms with Crippen molar-refractivity contribution in [3.63, 3.8) is 0 Å². The molecule has 0 saturated heterocycles. The van der Waals surface area contributed by atoms with Crippen molar-refractivity contribution in [2.75, 3.05) is 6.61 Å². The molecule has 2 heterocycles. The van der Waals surface area contributed by atoms with Gasteiger partial charge in [-0.1, -0.05) is 0 Å². The van der Waals surface area contributed by atoms with E-state index in [2.05, 4.69) is 10.3 Å². The van der Waals surface area contributed by atoms with Gasteiger partial charge in [0, 0.05) is 15.8 Å². The summed E-state index contributed by atoms with van der Waals surface area (Å²) in [6.07, 6.45) is 0. The normalized spacial score (nSPS) is 10.5. The lowest BCUT2D eigenvalue weighted by atomic mass is 10.2. The van der Waals surface area contributed by atoms with Crippen molar-refractivity contribution in [3.8, 4) is 16.3 Å². The molecule has 26 heavy (non-hydrogen) atoms. The lowest BCUT2D eigenvalue weighted by Crippen LogP contribution is -2.22. The molecule has 0 unspecified atom stereocenters. The zero-order valence-electron chi connectivity index (χ0n) is 14.0. The SMILES string of the molecule is Cc1nc(-c2ccc(CNC(=O)c3ccc(OCC(N)=O)cc3)s2)cs1. The minimum Gasteiger partial charge on any atom is -0.484 e. The molecule has 3 aromatic rings. The molecule has 1 aromatic carbocycles. The maximum Gasteiger partial charge on any atom is 0.255 e. The van der Waals surface area contributed by atoms with Crippen molar-refractivity contribution in [2.45, 2.75) is 13.5 Å². The second-order valence-corrected chi connectivity index (χ2v) is 7.71. The fourth-order valence-electron chi connectivity index (χ4n) is 2.21. The van der Waals surface area contributed by atoms with Gasteiger partial charge in [-0.25, -0.2) is 4.98 Å². The number of aromatic nitrogens is 1. The van der Waals surface area contributed by atoms with E-state index in [0.29, 0.717) is 17.9 Å². The molecular formula is C18H17N3O3S2. The largest absolute Gasteiger partial charge is 0.484 e. The van der Waals surface area contributed by atoms with Gasteiger partial charge in [-0.3, -0.25) is 9.59 Å². The maximum absolute atomic E-state index is 12.2. The molecule has 2 aromatic heterocycles. The molecule has 6 nitrogen and oxygen atoms in total. The highest BCUT2D eigenvalue weighted by Crippen LogP contribution is 2.29. The Morgan fingerprint density at radius 1 is 1.19 bits per heavy atom. The topological polar surface area (TPSA) is 94.3 Å². The Morgan fingerprint density at radius 3 is 2.62 bits per heavy atom. The van der Waals surface area contributed by atoms with Crippen LogP contribution in [-0.4, -0.2) is 23.4 Å². The summed E-state index contributed by atoms with van der Waals surface area (Å²) in [7, 11) is 0. The minimum atomic E-state index is -0.546. The number of nitrogens with two attached hydrogens (primary N) is 1. The molecule has 0 radical (unpaired) electrons. The van der Waals surface area contributed by atoms with Crippen molar-refractivity contribution in [3.05, 3.63) is 57.2 Å². The van der Waals surface area contributed by atoms with E-state index in [9.17, 15) is 9.59 Å². The predicted octanol–water partition coefficient (Wildman–Crippen LogP) is 2.97. The van der Waals surface area contributed by atoms with Gasteiger partial charge in [-0.2, -0.15) is 0 Å². The van der Waals surface area contributed by atoms with E-state index in [4.69, 9.17) is 10.5 Å². The Bertz CT molecular complexity index is 916. The maximum atomic E-state index is 12.2. The Hall–Kier alpha value is -2.71. The first kappa shape index (κ1) is 18.1. The van der Waals surface area contributed by atoms with E-state index < -0.39 is 5.91 Å². The van der Waals surface area contributed by atoms with E-state index in [1.54, 1.807) is 46.9 Å². The van der Waals surface area contributed by atoms with E-state index in [0.717, 1.165) is 20.5 Å². The van der Waals surface area contributed by atoms with Gasteiger partial charge in [0.15, 0.2) is 6.61 Å². The van der Waals surface area contributed by atoms with Gasteiger partial charge < -0.3 is 15.8 Å². The molecule has 0 atom stereocenters. The number of rotatable bonds is 7. The third kappa shape index (κ3) is 4.68. The van der Waals surface area contributed by atoms with Crippen LogP contribution in [0.1, 0.15) is 20.2 Å². The molecular weight excluding hydrogens is 370 g/mol. The average molecular weight is 387 g/mol. The first-order valence-corrected chi connectivity index (χ1v) is 9.51. The summed E-state index contributed by atoms with van der Waals surface area (Å²) in [5.74, 6) is -0.234. The summed E-state index contributed by atoms with van der Waals surface area (Å²) in [5.41, 5.74) is 6.51. The molecule has 134 valence electrons. The fraction of sp³-hybridized carbons (Fsp3) is 0.167. The summed E-state index contributed by atoms with van der Waals surface area (Å²) < 4.78 is 5.17. The van der Waals surface area contributed by atoms with Crippen LogP contribution in [0.4, 0.5) is 0 Å². The molecule has 0 aliphatic heterocycles. The molecule has 8 heteroatoms. The smallest absolute Gasteiger partial charge is 0.255 e. The molecule has 0 aliphatic carbocycles. The quantitative estimate of drug-likeness (QED) is 0.652. The highest BCUT2D eigenvalue weighted by Gasteiger charge is 2.09. The standard InChI is InChI=1S/C18H17N3O3S2/c1-11-21-15(10-25-11)16-7-6-14(26-16)8-20-18(23)12-2-4-13(5-3-12)24-9-17(19)22/h2-7,10H,8-9H2,1H3,(H2,19,22)(H,20,23). The first-order valence-electron chi connectivity index (χ1n) is 7.82. The van der Waals surface area contributed by atoms with Crippen LogP contribution in [0.5, 0.6) is 5.75 Å². The lowest BCUT2D eigenvalue weighted by molar-refractivity contribution is -0.119. The first-order chi connectivity index (χ1) is 12.5. The predicted molar refractivity (Wildman–Crippen MR) is 102 cm³/mol. The van der Waals surface area contributed by atoms with Crippen LogP contribution in [0.2, 0.25) is 0 Å². The number of nitrogens with zero attached hydrogens (tertiary/aromatic N) is 1. The van der Waals surface area contributed by atoms with Crippen molar-refractivity contribution in [1.82, 2.24) is 10.3 Å². The number of amides is 2. The highest BCUT2D eigenvalue weighted by molar-refractivity contribution is 7.16. The number of carbonyl (C=O) groups is 2. The number of hydrogen-bond donors (Lipinski definition) is 2.